The highest BCUT2D eigenvalue weighted by Crippen LogP contribution is 2.24. The first-order chi connectivity index (χ1) is 7.47. The largest absolute Gasteiger partial charge is 0.478 e. The second-order valence-corrected chi connectivity index (χ2v) is 3.52. The Hall–Kier alpha value is -1.65. The first-order valence-electron chi connectivity index (χ1n) is 4.90. The van der Waals surface area contributed by atoms with Crippen molar-refractivity contribution in [1.82, 2.24) is 0 Å². The molecule has 0 bridgehead atoms. The third-order valence-corrected chi connectivity index (χ3v) is 2.20. The van der Waals surface area contributed by atoms with Gasteiger partial charge < -0.3 is 10.0 Å². The number of hydrogen-bond acceptors (Lipinski definition) is 2. The van der Waals surface area contributed by atoms with Crippen LogP contribution in [0.5, 0.6) is 0 Å². The van der Waals surface area contributed by atoms with Gasteiger partial charge in [-0.25, -0.2) is 13.6 Å². The lowest BCUT2D eigenvalue weighted by molar-refractivity contribution is 0.0696. The zero-order valence-corrected chi connectivity index (χ0v) is 9.13. The minimum absolute atomic E-state index is 0.188. The molecule has 5 heteroatoms. The fourth-order valence-corrected chi connectivity index (χ4v) is 1.50. The standard InChI is InChI=1S/C11H13F2NO2/c1-3-4-14(2)10-8(12)5-7(11(15)16)6-9(10)13/h5-6H,3-4H2,1-2H3,(H,15,16). The summed E-state index contributed by atoms with van der Waals surface area (Å²) >= 11 is 0. The zero-order chi connectivity index (χ0) is 12.3. The molecule has 0 aromatic heterocycles. The van der Waals surface area contributed by atoms with Gasteiger partial charge in [0.25, 0.3) is 0 Å². The van der Waals surface area contributed by atoms with Crippen LogP contribution in [-0.2, 0) is 0 Å². The SMILES string of the molecule is CCCN(C)c1c(F)cc(C(=O)O)cc1F. The van der Waals surface area contributed by atoms with Crippen molar-refractivity contribution in [3.63, 3.8) is 0 Å². The van der Waals surface area contributed by atoms with Crippen LogP contribution in [-0.4, -0.2) is 24.7 Å². The number of hydrogen-bond donors (Lipinski definition) is 1. The van der Waals surface area contributed by atoms with Gasteiger partial charge in [0.1, 0.15) is 17.3 Å². The third-order valence-electron chi connectivity index (χ3n) is 2.20. The summed E-state index contributed by atoms with van der Waals surface area (Å²) in [5.41, 5.74) is -0.574. The zero-order valence-electron chi connectivity index (χ0n) is 9.13. The minimum atomic E-state index is -1.34. The van der Waals surface area contributed by atoms with E-state index >= 15 is 0 Å². The van der Waals surface area contributed by atoms with Crippen LogP contribution in [0.2, 0.25) is 0 Å². The predicted molar refractivity (Wildman–Crippen MR) is 56.9 cm³/mol. The molecular weight excluding hydrogens is 216 g/mol. The molecule has 0 heterocycles. The molecule has 1 rings (SSSR count). The van der Waals surface area contributed by atoms with Crippen LogP contribution in [0.4, 0.5) is 14.5 Å². The van der Waals surface area contributed by atoms with Crippen molar-refractivity contribution in [3.8, 4) is 0 Å². The maximum Gasteiger partial charge on any atom is 0.335 e. The summed E-state index contributed by atoms with van der Waals surface area (Å²) in [7, 11) is 1.56. The fourth-order valence-electron chi connectivity index (χ4n) is 1.50. The molecule has 0 spiro atoms. The predicted octanol–water partition coefficient (Wildman–Crippen LogP) is 2.51. The number of benzene rings is 1. The van der Waals surface area contributed by atoms with Gasteiger partial charge >= 0.3 is 5.97 Å². The van der Waals surface area contributed by atoms with Crippen LogP contribution in [0.15, 0.2) is 12.1 Å². The van der Waals surface area contributed by atoms with E-state index in [4.69, 9.17) is 5.11 Å². The van der Waals surface area contributed by atoms with Crippen LogP contribution >= 0.6 is 0 Å². The molecule has 0 aliphatic carbocycles. The number of carboxylic acid groups (broad SMARTS) is 1. The number of carbonyl (C=O) groups is 1. The first kappa shape index (κ1) is 12.4. The van der Waals surface area contributed by atoms with Crippen molar-refractivity contribution in [1.29, 1.82) is 0 Å². The fraction of sp³-hybridized carbons (Fsp3) is 0.364. The van der Waals surface area contributed by atoms with E-state index in [0.717, 1.165) is 18.6 Å². The smallest absolute Gasteiger partial charge is 0.335 e. The monoisotopic (exact) mass is 229 g/mol. The van der Waals surface area contributed by atoms with Gasteiger partial charge in [-0.15, -0.1) is 0 Å². The van der Waals surface area contributed by atoms with Crippen LogP contribution in [0.25, 0.3) is 0 Å². The maximum absolute atomic E-state index is 13.5. The van der Waals surface area contributed by atoms with Crippen molar-refractivity contribution in [2.45, 2.75) is 13.3 Å². The molecule has 0 atom stereocenters. The molecule has 0 aliphatic rings. The topological polar surface area (TPSA) is 40.5 Å². The molecule has 0 aliphatic heterocycles. The van der Waals surface area contributed by atoms with E-state index in [9.17, 15) is 13.6 Å². The average Bonchev–Trinajstić information content (AvgIpc) is 2.16. The highest BCUT2D eigenvalue weighted by Gasteiger charge is 2.17. The number of anilines is 1. The lowest BCUT2D eigenvalue weighted by Crippen LogP contribution is -2.21. The van der Waals surface area contributed by atoms with Gasteiger partial charge in [0.2, 0.25) is 0 Å². The molecule has 88 valence electrons. The van der Waals surface area contributed by atoms with Gasteiger partial charge in [0.15, 0.2) is 0 Å². The number of aromatic carboxylic acids is 1. The summed E-state index contributed by atoms with van der Waals surface area (Å²) in [6.45, 7) is 2.39. The molecule has 0 fully saturated rings. The van der Waals surface area contributed by atoms with Crippen LogP contribution in [0.1, 0.15) is 23.7 Å². The van der Waals surface area contributed by atoms with Gasteiger partial charge in [-0.05, 0) is 18.6 Å². The van der Waals surface area contributed by atoms with Crippen LogP contribution in [0, 0.1) is 11.6 Å². The van der Waals surface area contributed by atoms with E-state index in [2.05, 4.69) is 0 Å². The lowest BCUT2D eigenvalue weighted by atomic mass is 10.1. The Bertz CT molecular complexity index is 384. The Morgan fingerprint density at radius 1 is 1.38 bits per heavy atom. The minimum Gasteiger partial charge on any atom is -0.478 e. The average molecular weight is 229 g/mol. The van der Waals surface area contributed by atoms with Crippen molar-refractivity contribution >= 4 is 11.7 Å². The summed E-state index contributed by atoms with van der Waals surface area (Å²) in [4.78, 5) is 12.0. The number of nitrogens with zero attached hydrogens (tertiary/aromatic N) is 1. The van der Waals surface area contributed by atoms with E-state index in [1.807, 2.05) is 6.92 Å². The van der Waals surface area contributed by atoms with E-state index in [1.54, 1.807) is 7.05 Å². The van der Waals surface area contributed by atoms with E-state index in [1.165, 1.54) is 4.90 Å². The van der Waals surface area contributed by atoms with Gasteiger partial charge in [-0.3, -0.25) is 0 Å². The van der Waals surface area contributed by atoms with Crippen LogP contribution < -0.4 is 4.90 Å². The van der Waals surface area contributed by atoms with Crippen molar-refractivity contribution in [2.24, 2.45) is 0 Å². The van der Waals surface area contributed by atoms with Gasteiger partial charge in [-0.2, -0.15) is 0 Å². The highest BCUT2D eigenvalue weighted by atomic mass is 19.1. The van der Waals surface area contributed by atoms with Crippen molar-refractivity contribution in [2.75, 3.05) is 18.5 Å². The summed E-state index contributed by atoms with van der Waals surface area (Å²) in [5, 5.41) is 8.62. The third kappa shape index (κ3) is 2.48. The van der Waals surface area contributed by atoms with Crippen molar-refractivity contribution < 1.29 is 18.7 Å². The molecule has 3 nitrogen and oxygen atoms in total. The second-order valence-electron chi connectivity index (χ2n) is 3.52. The Morgan fingerprint density at radius 2 is 1.88 bits per heavy atom. The Morgan fingerprint density at radius 3 is 2.25 bits per heavy atom. The summed E-state index contributed by atoms with van der Waals surface area (Å²) in [5.74, 6) is -3.05. The molecule has 0 saturated carbocycles. The van der Waals surface area contributed by atoms with Gasteiger partial charge in [0, 0.05) is 13.6 Å². The molecule has 1 aromatic rings. The quantitative estimate of drug-likeness (QED) is 0.862. The molecule has 16 heavy (non-hydrogen) atoms. The van der Waals surface area contributed by atoms with Gasteiger partial charge in [0.05, 0.1) is 5.56 Å². The number of halogens is 2. The summed E-state index contributed by atoms with van der Waals surface area (Å²) in [6.07, 6.45) is 0.746. The molecule has 1 N–H and O–H groups in total. The maximum atomic E-state index is 13.5. The van der Waals surface area contributed by atoms with E-state index in [-0.39, 0.29) is 11.3 Å². The Kier molecular flexibility index (Phi) is 3.82. The second kappa shape index (κ2) is 4.92. The molecule has 0 unspecified atom stereocenters. The highest BCUT2D eigenvalue weighted by molar-refractivity contribution is 5.88. The first-order valence-corrected chi connectivity index (χ1v) is 4.90. The number of carboxylic acids is 1. The lowest BCUT2D eigenvalue weighted by Gasteiger charge is -2.19. The van der Waals surface area contributed by atoms with Crippen molar-refractivity contribution in [3.05, 3.63) is 29.3 Å². The molecule has 0 amide bonds. The molecule has 1 aromatic carbocycles. The Labute approximate surface area is 92.3 Å². The Balaban J connectivity index is 3.17. The molecular formula is C11H13F2NO2. The normalized spacial score (nSPS) is 10.2. The number of rotatable bonds is 4. The molecule has 0 radical (unpaired) electrons. The van der Waals surface area contributed by atoms with Gasteiger partial charge in [-0.1, -0.05) is 6.92 Å². The van der Waals surface area contributed by atoms with E-state index in [0.29, 0.717) is 6.54 Å². The summed E-state index contributed by atoms with van der Waals surface area (Å²) in [6, 6.07) is 1.65. The van der Waals surface area contributed by atoms with Crippen LogP contribution in [0.3, 0.4) is 0 Å². The van der Waals surface area contributed by atoms with E-state index < -0.39 is 17.6 Å². The molecule has 0 saturated heterocycles. The summed E-state index contributed by atoms with van der Waals surface area (Å²) < 4.78 is 27.0.